The Balaban J connectivity index is 2.37. The fourth-order valence-corrected chi connectivity index (χ4v) is 2.69. The minimum atomic E-state index is -0.381. The normalized spacial score (nSPS) is 10.6. The molecule has 0 saturated carbocycles. The van der Waals surface area contributed by atoms with E-state index in [4.69, 9.17) is 10.2 Å². The van der Waals surface area contributed by atoms with E-state index in [1.165, 1.54) is 4.90 Å². The molecule has 120 valence electrons. The third-order valence-electron chi connectivity index (χ3n) is 3.89. The Morgan fingerprint density at radius 2 is 1.96 bits per heavy atom. The van der Waals surface area contributed by atoms with Gasteiger partial charge in [-0.05, 0) is 18.1 Å². The molecule has 6 nitrogen and oxygen atoms in total. The van der Waals surface area contributed by atoms with Crippen LogP contribution in [0.1, 0.15) is 21.8 Å². The molecule has 0 radical (unpaired) electrons. The lowest BCUT2D eigenvalue weighted by molar-refractivity contribution is 0.0791. The topological polar surface area (TPSA) is 96.2 Å². The molecule has 3 rings (SSSR count). The molecule has 2 N–H and O–H groups in total. The van der Waals surface area contributed by atoms with E-state index in [9.17, 15) is 10.1 Å². The highest BCUT2D eigenvalue weighted by Gasteiger charge is 2.24. The number of rotatable bonds is 2. The van der Waals surface area contributed by atoms with Crippen molar-refractivity contribution >= 4 is 22.7 Å². The van der Waals surface area contributed by atoms with Crippen molar-refractivity contribution < 1.29 is 9.21 Å². The highest BCUT2D eigenvalue weighted by atomic mass is 16.4. The van der Waals surface area contributed by atoms with Gasteiger partial charge >= 0.3 is 5.91 Å². The van der Waals surface area contributed by atoms with Crippen molar-refractivity contribution in [3.8, 4) is 17.2 Å². The standard InChI is InChI=1S/C18H16N4O2/c1-10-12(9-19)15-16(24-17(21-15)18(23)22(2)3)14(20)13(10)11-7-5-4-6-8-11/h4-8H,20H2,1-3H3. The van der Waals surface area contributed by atoms with Gasteiger partial charge in [0, 0.05) is 19.7 Å². The molecule has 0 fully saturated rings. The number of carbonyl (C=O) groups is 1. The van der Waals surface area contributed by atoms with Crippen LogP contribution in [0.25, 0.3) is 22.2 Å². The molecule has 0 aliphatic rings. The van der Waals surface area contributed by atoms with E-state index in [-0.39, 0.29) is 17.4 Å². The van der Waals surface area contributed by atoms with Gasteiger partial charge in [-0.1, -0.05) is 30.3 Å². The Labute approximate surface area is 139 Å². The lowest BCUT2D eigenvalue weighted by atomic mass is 9.94. The number of hydrogen-bond donors (Lipinski definition) is 1. The number of amides is 1. The Morgan fingerprint density at radius 3 is 2.54 bits per heavy atom. The van der Waals surface area contributed by atoms with Gasteiger partial charge in [-0.15, -0.1) is 0 Å². The van der Waals surface area contributed by atoms with Crippen molar-refractivity contribution in [2.45, 2.75) is 6.92 Å². The van der Waals surface area contributed by atoms with E-state index < -0.39 is 0 Å². The zero-order valence-corrected chi connectivity index (χ0v) is 13.6. The third kappa shape index (κ3) is 2.27. The molecule has 0 spiro atoms. The van der Waals surface area contributed by atoms with Crippen molar-refractivity contribution in [1.82, 2.24) is 9.88 Å². The summed E-state index contributed by atoms with van der Waals surface area (Å²) in [5.41, 5.74) is 9.93. The predicted octanol–water partition coefficient (Wildman–Crippen LogP) is 2.96. The van der Waals surface area contributed by atoms with E-state index in [1.807, 2.05) is 37.3 Å². The van der Waals surface area contributed by atoms with Gasteiger partial charge in [0.2, 0.25) is 0 Å². The Kier molecular flexibility index (Phi) is 3.70. The van der Waals surface area contributed by atoms with Crippen molar-refractivity contribution in [2.24, 2.45) is 0 Å². The number of aromatic nitrogens is 1. The SMILES string of the molecule is Cc1c(-c2ccccc2)c(N)c2oc(C(=O)N(C)C)nc2c1C#N. The summed E-state index contributed by atoms with van der Waals surface area (Å²) in [6, 6.07) is 11.7. The lowest BCUT2D eigenvalue weighted by Gasteiger charge is -2.11. The molecule has 0 bridgehead atoms. The number of anilines is 1. The van der Waals surface area contributed by atoms with Gasteiger partial charge in [0.1, 0.15) is 11.6 Å². The number of benzene rings is 2. The van der Waals surface area contributed by atoms with E-state index >= 15 is 0 Å². The lowest BCUT2D eigenvalue weighted by Crippen LogP contribution is -2.21. The van der Waals surface area contributed by atoms with E-state index in [2.05, 4.69) is 11.1 Å². The predicted molar refractivity (Wildman–Crippen MR) is 91.3 cm³/mol. The number of nitrogens with zero attached hydrogens (tertiary/aromatic N) is 3. The number of nitrogens with two attached hydrogens (primary N) is 1. The monoisotopic (exact) mass is 320 g/mol. The van der Waals surface area contributed by atoms with Crippen LogP contribution in [-0.4, -0.2) is 29.9 Å². The van der Waals surface area contributed by atoms with Gasteiger partial charge < -0.3 is 15.1 Å². The molecule has 0 atom stereocenters. The van der Waals surface area contributed by atoms with E-state index in [0.717, 1.165) is 11.1 Å². The van der Waals surface area contributed by atoms with Crippen molar-refractivity contribution in [1.29, 1.82) is 5.26 Å². The number of oxazole rings is 1. The van der Waals surface area contributed by atoms with Crippen LogP contribution in [0.5, 0.6) is 0 Å². The maximum atomic E-state index is 12.1. The average Bonchev–Trinajstić information content (AvgIpc) is 3.01. The minimum Gasteiger partial charge on any atom is -0.430 e. The second-order valence-corrected chi connectivity index (χ2v) is 5.66. The number of nitriles is 1. The fraction of sp³-hybridized carbons (Fsp3) is 0.167. The van der Waals surface area contributed by atoms with Crippen LogP contribution in [0.15, 0.2) is 34.7 Å². The first-order valence-electron chi connectivity index (χ1n) is 7.35. The summed E-state index contributed by atoms with van der Waals surface area (Å²) >= 11 is 0. The van der Waals surface area contributed by atoms with Crippen LogP contribution < -0.4 is 5.73 Å². The molecule has 1 amide bonds. The molecular weight excluding hydrogens is 304 g/mol. The van der Waals surface area contributed by atoms with E-state index in [1.54, 1.807) is 14.1 Å². The van der Waals surface area contributed by atoms with E-state index in [0.29, 0.717) is 22.3 Å². The largest absolute Gasteiger partial charge is 0.430 e. The fourth-order valence-electron chi connectivity index (χ4n) is 2.69. The zero-order chi connectivity index (χ0) is 17.4. The maximum absolute atomic E-state index is 12.1. The van der Waals surface area contributed by atoms with Crippen LogP contribution in [0, 0.1) is 18.3 Å². The molecule has 1 heterocycles. The van der Waals surface area contributed by atoms with Gasteiger partial charge in [-0.2, -0.15) is 5.26 Å². The first-order valence-corrected chi connectivity index (χ1v) is 7.35. The summed E-state index contributed by atoms with van der Waals surface area (Å²) in [6.45, 7) is 1.82. The molecule has 0 unspecified atom stereocenters. The first-order chi connectivity index (χ1) is 11.5. The summed E-state index contributed by atoms with van der Waals surface area (Å²) in [7, 11) is 3.21. The Bertz CT molecular complexity index is 982. The van der Waals surface area contributed by atoms with Gasteiger partial charge in [0.15, 0.2) is 5.58 Å². The van der Waals surface area contributed by atoms with Crippen molar-refractivity contribution in [3.63, 3.8) is 0 Å². The molecule has 6 heteroatoms. The average molecular weight is 320 g/mol. The minimum absolute atomic E-state index is 0.0807. The maximum Gasteiger partial charge on any atom is 0.309 e. The Hall–Kier alpha value is -3.33. The number of hydrogen-bond acceptors (Lipinski definition) is 5. The third-order valence-corrected chi connectivity index (χ3v) is 3.89. The van der Waals surface area contributed by atoms with Gasteiger partial charge in [-0.25, -0.2) is 4.98 Å². The number of fused-ring (bicyclic) bond motifs is 1. The summed E-state index contributed by atoms with van der Waals surface area (Å²) < 4.78 is 5.60. The van der Waals surface area contributed by atoms with Gasteiger partial charge in [0.25, 0.3) is 5.89 Å². The summed E-state index contributed by atoms with van der Waals surface area (Å²) in [5.74, 6) is -0.462. The molecule has 3 aromatic rings. The highest BCUT2D eigenvalue weighted by Crippen LogP contribution is 2.38. The molecule has 0 aliphatic heterocycles. The number of nitrogen functional groups attached to an aromatic ring is 1. The van der Waals surface area contributed by atoms with Crippen LogP contribution in [-0.2, 0) is 0 Å². The second-order valence-electron chi connectivity index (χ2n) is 5.66. The second kappa shape index (κ2) is 5.70. The van der Waals surface area contributed by atoms with Crippen LogP contribution in [0.4, 0.5) is 5.69 Å². The van der Waals surface area contributed by atoms with Crippen LogP contribution >= 0.6 is 0 Å². The Morgan fingerprint density at radius 1 is 1.29 bits per heavy atom. The molecule has 0 aliphatic carbocycles. The molecule has 24 heavy (non-hydrogen) atoms. The van der Waals surface area contributed by atoms with Crippen molar-refractivity contribution in [3.05, 3.63) is 47.3 Å². The molecule has 2 aromatic carbocycles. The van der Waals surface area contributed by atoms with Crippen LogP contribution in [0.3, 0.4) is 0 Å². The zero-order valence-electron chi connectivity index (χ0n) is 13.6. The quantitative estimate of drug-likeness (QED) is 0.732. The van der Waals surface area contributed by atoms with Gasteiger partial charge in [0.05, 0.1) is 11.3 Å². The summed E-state index contributed by atoms with van der Waals surface area (Å²) in [4.78, 5) is 17.7. The smallest absolute Gasteiger partial charge is 0.309 e. The summed E-state index contributed by atoms with van der Waals surface area (Å²) in [5, 5.41) is 9.57. The number of carbonyl (C=O) groups excluding carboxylic acids is 1. The summed E-state index contributed by atoms with van der Waals surface area (Å²) in [6.07, 6.45) is 0. The first kappa shape index (κ1) is 15.6. The van der Waals surface area contributed by atoms with Gasteiger partial charge in [-0.3, -0.25) is 4.79 Å². The highest BCUT2D eigenvalue weighted by molar-refractivity contribution is 6.02. The van der Waals surface area contributed by atoms with Crippen LogP contribution in [0.2, 0.25) is 0 Å². The molecular formula is C18H16N4O2. The molecule has 1 aromatic heterocycles. The molecule has 0 saturated heterocycles. The van der Waals surface area contributed by atoms with Crippen molar-refractivity contribution in [2.75, 3.05) is 19.8 Å².